The van der Waals surface area contributed by atoms with Crippen molar-refractivity contribution in [1.29, 1.82) is 0 Å². The number of likely N-dealkylation sites (tertiary alicyclic amines) is 1. The molecule has 29 heavy (non-hydrogen) atoms. The Morgan fingerprint density at radius 1 is 1.14 bits per heavy atom. The van der Waals surface area contributed by atoms with Crippen molar-refractivity contribution in [3.05, 3.63) is 63.6 Å². The van der Waals surface area contributed by atoms with Crippen molar-refractivity contribution in [2.75, 3.05) is 18.4 Å². The van der Waals surface area contributed by atoms with E-state index in [0.717, 1.165) is 34.1 Å². The van der Waals surface area contributed by atoms with Gasteiger partial charge in [0, 0.05) is 29.8 Å². The van der Waals surface area contributed by atoms with E-state index in [4.69, 9.17) is 0 Å². The van der Waals surface area contributed by atoms with Crippen LogP contribution < -0.4 is 10.6 Å². The maximum absolute atomic E-state index is 12.9. The number of amides is 3. The van der Waals surface area contributed by atoms with Crippen LogP contribution in [-0.2, 0) is 11.3 Å². The smallest absolute Gasteiger partial charge is 0.321 e. The molecule has 0 aliphatic carbocycles. The van der Waals surface area contributed by atoms with Crippen LogP contribution in [0.4, 0.5) is 10.5 Å². The molecule has 0 unspecified atom stereocenters. The molecule has 3 rings (SSSR count). The lowest BCUT2D eigenvalue weighted by Gasteiger charge is -2.39. The van der Waals surface area contributed by atoms with Crippen molar-refractivity contribution in [3.8, 4) is 0 Å². The molecule has 1 atom stereocenters. The third kappa shape index (κ3) is 5.38. The van der Waals surface area contributed by atoms with Gasteiger partial charge in [-0.05, 0) is 62.9 Å². The zero-order valence-electron chi connectivity index (χ0n) is 17.2. The van der Waals surface area contributed by atoms with Crippen LogP contribution in [0.15, 0.2) is 46.9 Å². The summed E-state index contributed by atoms with van der Waals surface area (Å²) in [5, 5.41) is 6.00. The van der Waals surface area contributed by atoms with Gasteiger partial charge in [-0.1, -0.05) is 45.8 Å². The maximum atomic E-state index is 12.9. The summed E-state index contributed by atoms with van der Waals surface area (Å²) in [7, 11) is 0. The molecule has 1 aliphatic heterocycles. The molecule has 3 amide bonds. The van der Waals surface area contributed by atoms with E-state index in [2.05, 4.69) is 26.6 Å². The van der Waals surface area contributed by atoms with E-state index in [1.165, 1.54) is 5.56 Å². The molecule has 0 spiro atoms. The molecule has 5 nitrogen and oxygen atoms in total. The first-order valence-electron chi connectivity index (χ1n) is 9.93. The highest BCUT2D eigenvalue weighted by Gasteiger charge is 2.39. The molecule has 2 N–H and O–H groups in total. The predicted molar refractivity (Wildman–Crippen MR) is 120 cm³/mol. The molecular weight excluding hydrogens is 430 g/mol. The number of halogens is 1. The normalized spacial score (nSPS) is 19.0. The van der Waals surface area contributed by atoms with Gasteiger partial charge >= 0.3 is 6.03 Å². The van der Waals surface area contributed by atoms with Crippen LogP contribution in [0.1, 0.15) is 36.5 Å². The molecule has 0 bridgehead atoms. The quantitative estimate of drug-likeness (QED) is 0.676. The standard InChI is InChI=1S/C23H28BrN3O2/c1-16-5-7-18(8-6-16)14-25-21(28)23(3)11-4-12-27(15-23)22(29)26-19-9-10-20(24)17(2)13-19/h5-10,13H,4,11-12,14-15H2,1-3H3,(H,25,28)(H,26,29)/t23-/m0/s1. The Morgan fingerprint density at radius 3 is 2.55 bits per heavy atom. The molecule has 1 fully saturated rings. The SMILES string of the molecule is Cc1ccc(CNC(=O)[C@@]2(C)CCCN(C(=O)Nc3ccc(Br)c(C)c3)C2)cc1. The summed E-state index contributed by atoms with van der Waals surface area (Å²) in [4.78, 5) is 27.4. The Labute approximate surface area is 181 Å². The first kappa shape index (κ1) is 21.4. The minimum absolute atomic E-state index is 0.00457. The first-order valence-corrected chi connectivity index (χ1v) is 10.7. The fourth-order valence-electron chi connectivity index (χ4n) is 3.62. The maximum Gasteiger partial charge on any atom is 0.321 e. The molecule has 6 heteroatoms. The van der Waals surface area contributed by atoms with Crippen molar-refractivity contribution in [1.82, 2.24) is 10.2 Å². The predicted octanol–water partition coefficient (Wildman–Crippen LogP) is 5.02. The Kier molecular flexibility index (Phi) is 6.63. The van der Waals surface area contributed by atoms with Gasteiger partial charge in [0.1, 0.15) is 0 Å². The summed E-state index contributed by atoms with van der Waals surface area (Å²) < 4.78 is 1.01. The average molecular weight is 458 g/mol. The first-order chi connectivity index (χ1) is 13.8. The highest BCUT2D eigenvalue weighted by molar-refractivity contribution is 9.10. The molecule has 1 aliphatic rings. The van der Waals surface area contributed by atoms with E-state index < -0.39 is 5.41 Å². The largest absolute Gasteiger partial charge is 0.351 e. The second-order valence-corrected chi connectivity index (χ2v) is 9.00. The Bertz CT molecular complexity index is 897. The van der Waals surface area contributed by atoms with E-state index in [1.54, 1.807) is 4.90 Å². The van der Waals surface area contributed by atoms with Crippen LogP contribution in [0.25, 0.3) is 0 Å². The van der Waals surface area contributed by atoms with E-state index in [0.29, 0.717) is 19.6 Å². The second-order valence-electron chi connectivity index (χ2n) is 8.15. The average Bonchev–Trinajstić information content (AvgIpc) is 2.70. The number of nitrogens with zero attached hydrogens (tertiary/aromatic N) is 1. The van der Waals surface area contributed by atoms with Crippen LogP contribution in [0.3, 0.4) is 0 Å². The molecular formula is C23H28BrN3O2. The zero-order chi connectivity index (χ0) is 21.0. The molecule has 2 aromatic carbocycles. The fraction of sp³-hybridized carbons (Fsp3) is 0.391. The van der Waals surface area contributed by atoms with Gasteiger partial charge in [0.15, 0.2) is 0 Å². The number of carbonyl (C=O) groups excluding carboxylic acids is 2. The van der Waals surface area contributed by atoms with Crippen molar-refractivity contribution < 1.29 is 9.59 Å². The molecule has 2 aromatic rings. The number of hydrogen-bond acceptors (Lipinski definition) is 2. The summed E-state index contributed by atoms with van der Waals surface area (Å²) in [6.45, 7) is 7.53. The highest BCUT2D eigenvalue weighted by Crippen LogP contribution is 2.30. The van der Waals surface area contributed by atoms with Gasteiger partial charge in [0.2, 0.25) is 5.91 Å². The second kappa shape index (κ2) is 8.99. The van der Waals surface area contributed by atoms with E-state index >= 15 is 0 Å². The third-order valence-electron chi connectivity index (χ3n) is 5.51. The molecule has 154 valence electrons. The Hall–Kier alpha value is -2.34. The Morgan fingerprint density at radius 2 is 1.86 bits per heavy atom. The van der Waals surface area contributed by atoms with Crippen LogP contribution in [0, 0.1) is 19.3 Å². The lowest BCUT2D eigenvalue weighted by Crippen LogP contribution is -2.52. The van der Waals surface area contributed by atoms with Crippen LogP contribution in [-0.4, -0.2) is 29.9 Å². The number of rotatable bonds is 4. The molecule has 0 saturated carbocycles. The van der Waals surface area contributed by atoms with E-state index in [1.807, 2.05) is 63.2 Å². The van der Waals surface area contributed by atoms with Crippen molar-refractivity contribution in [2.45, 2.75) is 40.2 Å². The number of hydrogen-bond donors (Lipinski definition) is 2. The van der Waals surface area contributed by atoms with E-state index in [9.17, 15) is 9.59 Å². The summed E-state index contributed by atoms with van der Waals surface area (Å²) in [6.07, 6.45) is 1.58. The van der Waals surface area contributed by atoms with Gasteiger partial charge in [0.05, 0.1) is 5.41 Å². The van der Waals surface area contributed by atoms with E-state index in [-0.39, 0.29) is 11.9 Å². The highest BCUT2D eigenvalue weighted by atomic mass is 79.9. The number of anilines is 1. The number of nitrogens with one attached hydrogen (secondary N) is 2. The minimum atomic E-state index is -0.587. The van der Waals surface area contributed by atoms with Gasteiger partial charge in [-0.25, -0.2) is 4.79 Å². The van der Waals surface area contributed by atoms with Crippen LogP contribution in [0.5, 0.6) is 0 Å². The monoisotopic (exact) mass is 457 g/mol. The van der Waals surface area contributed by atoms with Gasteiger partial charge in [-0.15, -0.1) is 0 Å². The summed E-state index contributed by atoms with van der Waals surface area (Å²) in [5.74, 6) is -0.00457. The fourth-order valence-corrected chi connectivity index (χ4v) is 3.87. The number of carbonyl (C=O) groups is 2. The number of benzene rings is 2. The molecule has 1 saturated heterocycles. The Balaban J connectivity index is 1.60. The third-order valence-corrected chi connectivity index (χ3v) is 6.40. The topological polar surface area (TPSA) is 61.4 Å². The summed E-state index contributed by atoms with van der Waals surface area (Å²) >= 11 is 3.47. The van der Waals surface area contributed by atoms with Gasteiger partial charge in [0.25, 0.3) is 0 Å². The van der Waals surface area contributed by atoms with Gasteiger partial charge < -0.3 is 15.5 Å². The van der Waals surface area contributed by atoms with Crippen molar-refractivity contribution >= 4 is 33.6 Å². The van der Waals surface area contributed by atoms with Crippen LogP contribution in [0.2, 0.25) is 0 Å². The lowest BCUT2D eigenvalue weighted by atomic mass is 9.81. The van der Waals surface area contributed by atoms with Crippen molar-refractivity contribution in [2.24, 2.45) is 5.41 Å². The number of piperidine rings is 1. The van der Waals surface area contributed by atoms with Crippen LogP contribution >= 0.6 is 15.9 Å². The van der Waals surface area contributed by atoms with Gasteiger partial charge in [-0.3, -0.25) is 4.79 Å². The molecule has 1 heterocycles. The lowest BCUT2D eigenvalue weighted by molar-refractivity contribution is -0.132. The number of urea groups is 1. The molecule has 0 aromatic heterocycles. The summed E-state index contributed by atoms with van der Waals surface area (Å²) in [6, 6.07) is 13.7. The minimum Gasteiger partial charge on any atom is -0.351 e. The zero-order valence-corrected chi connectivity index (χ0v) is 18.8. The van der Waals surface area contributed by atoms with Crippen molar-refractivity contribution in [3.63, 3.8) is 0 Å². The van der Waals surface area contributed by atoms with Gasteiger partial charge in [-0.2, -0.15) is 0 Å². The number of aryl methyl sites for hydroxylation is 2. The molecule has 0 radical (unpaired) electrons. The summed E-state index contributed by atoms with van der Waals surface area (Å²) in [5.41, 5.74) is 3.50.